The Labute approximate surface area is 470 Å². The minimum atomic E-state index is -3.22. The average Bonchev–Trinajstić information content (AvgIpc) is 3.32. The second-order valence-corrected chi connectivity index (χ2v) is 19.3. The third-order valence-corrected chi connectivity index (χ3v) is 12.1. The van der Waals surface area contributed by atoms with Gasteiger partial charge in [-0.1, -0.05) is 126 Å². The highest BCUT2D eigenvalue weighted by Crippen LogP contribution is 2.26. The Bertz CT molecular complexity index is 2710. The van der Waals surface area contributed by atoms with Crippen LogP contribution in [0.5, 0.6) is 0 Å². The zero-order chi connectivity index (χ0) is 56.6. The van der Waals surface area contributed by atoms with E-state index in [9.17, 15) is 48.3 Å². The molecule has 406 valence electrons. The van der Waals surface area contributed by atoms with E-state index in [2.05, 4.69) is 25.0 Å². The molecule has 0 bridgehead atoms. The lowest BCUT2D eigenvalue weighted by Crippen LogP contribution is -2.25. The molecular weight excluding hydrogens is 1190 g/mol. The smallest absolute Gasteiger partial charge is 0.228 e. The first-order chi connectivity index (χ1) is 34.7. The molecule has 0 aromatic heterocycles. The summed E-state index contributed by atoms with van der Waals surface area (Å²) in [5.74, 6) is -0.315. The Hall–Kier alpha value is -4.69. The molecule has 3 N–H and O–H groups in total. The van der Waals surface area contributed by atoms with Crippen LogP contribution in [0.15, 0.2) is 88.3 Å². The zero-order valence-electron chi connectivity index (χ0n) is 39.4. The number of sulfonamides is 1. The van der Waals surface area contributed by atoms with Crippen LogP contribution in [0.25, 0.3) is 0 Å². The molecule has 0 atom stereocenters. The number of Topliss-reactive ketones (excluding diaryl/α,β-unsaturated/α-hetero) is 1. The van der Waals surface area contributed by atoms with E-state index in [0.29, 0.717) is 77.1 Å². The van der Waals surface area contributed by atoms with E-state index in [1.165, 1.54) is 39.5 Å². The van der Waals surface area contributed by atoms with E-state index in [1.54, 1.807) is 48.5 Å². The molecule has 0 unspecified atom stereocenters. The van der Waals surface area contributed by atoms with Crippen molar-refractivity contribution in [2.75, 3.05) is 60.3 Å². The van der Waals surface area contributed by atoms with Gasteiger partial charge in [0.2, 0.25) is 34.9 Å². The lowest BCUT2D eigenvalue weighted by Gasteiger charge is -2.07. The molecule has 21 nitrogen and oxygen atoms in total. The summed E-state index contributed by atoms with van der Waals surface area (Å²) in [5.41, 5.74) is 9.87. The monoisotopic (exact) mass is 1230 g/mol. The molecule has 0 aliphatic carbocycles. The molecule has 0 fully saturated rings. The number of rotatable bonds is 22. The Kier molecular flexibility index (Phi) is 35.5. The van der Waals surface area contributed by atoms with E-state index >= 15 is 0 Å². The van der Waals surface area contributed by atoms with Crippen molar-refractivity contribution in [3.8, 4) is 0 Å². The van der Waals surface area contributed by atoms with Crippen LogP contribution in [0.2, 0.25) is 40.2 Å². The first-order valence-electron chi connectivity index (χ1n) is 20.5. The number of hydrogen-bond donors (Lipinski definition) is 2. The molecule has 0 heterocycles. The molecule has 0 radical (unpaired) electrons. The number of carbonyl (C=O) groups is 2. The highest BCUT2D eigenvalue weighted by Gasteiger charge is 2.13. The maximum absolute atomic E-state index is 11.4. The highest BCUT2D eigenvalue weighted by atomic mass is 35.5. The van der Waals surface area contributed by atoms with Gasteiger partial charge < -0.3 is 20.2 Å². The number of ketones is 1. The number of halogens is 9. The number of nitrogens with one attached hydrogen (secondary N) is 1. The summed E-state index contributed by atoms with van der Waals surface area (Å²) in [6.07, 6.45) is 1.95. The van der Waals surface area contributed by atoms with Crippen molar-refractivity contribution < 1.29 is 47.3 Å². The SMILES string of the molecule is CON=C(CCN)c1ccc(Cl)c(Cl)c1.CON=C(CCNS(C)(=O)=O)c1ccc(Cl)c(Cl)c1.CON=C(CC[N+](=O)[O-])c1ccc(Cl)c(Cl)c1.O=C(CC[N+](=O)[O-])c1ccc(Cl)c(Cl)c1.O=C(Cl)CC[N+](=O)[O-]. The lowest BCUT2D eigenvalue weighted by atomic mass is 10.1. The van der Waals surface area contributed by atoms with Crippen molar-refractivity contribution in [3.63, 3.8) is 0 Å². The average molecular weight is 1240 g/mol. The molecular formula is C43H47Cl9N8O13S. The van der Waals surface area contributed by atoms with E-state index < -0.39 is 30.0 Å². The minimum absolute atomic E-state index is 0.134. The van der Waals surface area contributed by atoms with Gasteiger partial charge in [-0.15, -0.1) is 0 Å². The third kappa shape index (κ3) is 31.3. The molecule has 0 saturated carbocycles. The van der Waals surface area contributed by atoms with Crippen molar-refractivity contribution >= 4 is 143 Å². The molecule has 0 amide bonds. The number of benzene rings is 4. The van der Waals surface area contributed by atoms with Crippen LogP contribution in [-0.2, 0) is 29.3 Å². The highest BCUT2D eigenvalue weighted by molar-refractivity contribution is 7.88. The van der Waals surface area contributed by atoms with E-state index in [0.717, 1.165) is 23.1 Å². The quantitative estimate of drug-likeness (QED) is 0.0243. The summed E-state index contributed by atoms with van der Waals surface area (Å²) < 4.78 is 24.4. The predicted octanol–water partition coefficient (Wildman–Crippen LogP) is 11.2. The van der Waals surface area contributed by atoms with Crippen molar-refractivity contribution in [3.05, 3.63) is 166 Å². The fraction of sp³-hybridized carbons (Fsp3) is 0.326. The fourth-order valence-electron chi connectivity index (χ4n) is 4.96. The van der Waals surface area contributed by atoms with Gasteiger partial charge in [0.15, 0.2) is 5.78 Å². The summed E-state index contributed by atoms with van der Waals surface area (Å²) >= 11 is 51.2. The normalized spacial score (nSPS) is 11.1. The number of carbonyl (C=O) groups excluding carboxylic acids is 2. The molecule has 0 aliphatic heterocycles. The number of hydrogen-bond acceptors (Lipinski definition) is 17. The van der Waals surface area contributed by atoms with Gasteiger partial charge in [0.05, 0.1) is 82.8 Å². The number of nitro groups is 3. The fourth-order valence-corrected chi connectivity index (χ4v) is 6.71. The summed E-state index contributed by atoms with van der Waals surface area (Å²) in [7, 11) is 1.07. The maximum atomic E-state index is 11.4. The standard InChI is InChI=1S/C11H14Cl2N2O3S.C10H10Cl2N2O3.C10H12Cl2N2O.C9H7Cl2NO3.C3H4ClNO3/c1-18-15-11(5-6-14-19(2,16)17)8-3-4-9(12)10(13)7-8;1-17-13-10(4-5-14(15)16)7-2-3-8(11)9(12)6-7;1-15-14-10(4-5-13)7-2-3-8(11)9(12)6-7;10-7-2-1-6(5-8(7)11)9(13)3-4-12(14)15;4-3(6)1-2-5(7)8/h3-4,7,14H,5-6H2,1-2H3;2-3,6H,4-5H2,1H3;2-3,6H,4-5,13H2,1H3;1-2,5H,3-4H2;1-2H2. The van der Waals surface area contributed by atoms with Gasteiger partial charge in [0, 0.05) is 56.4 Å². The first-order valence-corrected chi connectivity index (χ1v) is 25.8. The Morgan fingerprint density at radius 1 is 0.527 bits per heavy atom. The van der Waals surface area contributed by atoms with Crippen molar-refractivity contribution in [1.29, 1.82) is 0 Å². The van der Waals surface area contributed by atoms with E-state index in [1.807, 2.05) is 6.07 Å². The summed E-state index contributed by atoms with van der Waals surface area (Å²) in [6, 6.07) is 19.6. The van der Waals surface area contributed by atoms with Crippen LogP contribution in [0.4, 0.5) is 0 Å². The predicted molar refractivity (Wildman–Crippen MR) is 292 cm³/mol. The first kappa shape index (κ1) is 69.3. The largest absolute Gasteiger partial charge is 0.399 e. The number of nitrogens with zero attached hydrogens (tertiary/aromatic N) is 6. The van der Waals surface area contributed by atoms with E-state index in [-0.39, 0.29) is 56.2 Å². The molecule has 4 aromatic rings. The molecule has 74 heavy (non-hydrogen) atoms. The van der Waals surface area contributed by atoms with Crippen molar-refractivity contribution in [2.24, 2.45) is 21.2 Å². The van der Waals surface area contributed by atoms with Gasteiger partial charge in [-0.3, -0.25) is 39.9 Å². The van der Waals surface area contributed by atoms with Crippen LogP contribution in [0, 0.1) is 30.3 Å². The van der Waals surface area contributed by atoms with Crippen molar-refractivity contribution in [1.82, 2.24) is 4.72 Å². The summed E-state index contributed by atoms with van der Waals surface area (Å²) in [4.78, 5) is 63.7. The Morgan fingerprint density at radius 2 is 0.838 bits per heavy atom. The van der Waals surface area contributed by atoms with Gasteiger partial charge >= 0.3 is 0 Å². The zero-order valence-corrected chi connectivity index (χ0v) is 47.0. The number of oxime groups is 3. The Balaban J connectivity index is 0.000000919. The van der Waals surface area contributed by atoms with Crippen LogP contribution in [0.1, 0.15) is 59.2 Å². The molecule has 0 aliphatic rings. The third-order valence-electron chi connectivity index (χ3n) is 8.26. The number of nitrogens with two attached hydrogens (primary N) is 1. The van der Waals surface area contributed by atoms with Crippen LogP contribution >= 0.6 is 104 Å². The van der Waals surface area contributed by atoms with Gasteiger partial charge in [-0.05, 0) is 72.7 Å². The van der Waals surface area contributed by atoms with Gasteiger partial charge in [0.1, 0.15) is 21.3 Å². The molecule has 0 spiro atoms. The second kappa shape index (κ2) is 37.9. The van der Waals surface area contributed by atoms with Gasteiger partial charge in [-0.2, -0.15) is 0 Å². The second-order valence-electron chi connectivity index (χ2n) is 13.8. The summed E-state index contributed by atoms with van der Waals surface area (Å²) in [5, 5.41) is 44.0. The molecule has 4 aromatic carbocycles. The molecule has 4 rings (SSSR count). The molecule has 31 heteroatoms. The van der Waals surface area contributed by atoms with E-state index in [4.69, 9.17) is 120 Å². The lowest BCUT2D eigenvalue weighted by molar-refractivity contribution is -0.478. The topological polar surface area (TPSA) is 301 Å². The Morgan fingerprint density at radius 3 is 1.14 bits per heavy atom. The molecule has 0 saturated heterocycles. The maximum Gasteiger partial charge on any atom is 0.228 e. The van der Waals surface area contributed by atoms with Gasteiger partial charge in [-0.25, -0.2) is 13.1 Å². The van der Waals surface area contributed by atoms with Crippen LogP contribution in [0.3, 0.4) is 0 Å². The van der Waals surface area contributed by atoms with Gasteiger partial charge in [0.25, 0.3) is 0 Å². The summed E-state index contributed by atoms with van der Waals surface area (Å²) in [6.45, 7) is -0.242. The minimum Gasteiger partial charge on any atom is -0.399 e. The van der Waals surface area contributed by atoms with Crippen molar-refractivity contribution in [2.45, 2.75) is 32.1 Å². The van der Waals surface area contributed by atoms with Crippen LogP contribution < -0.4 is 10.5 Å². The van der Waals surface area contributed by atoms with Crippen LogP contribution in [-0.4, -0.2) is 112 Å².